The molecule has 0 aliphatic carbocycles. The van der Waals surface area contributed by atoms with Crippen LogP contribution in [-0.2, 0) is 0 Å². The summed E-state index contributed by atoms with van der Waals surface area (Å²) in [7, 11) is 0. The van der Waals surface area contributed by atoms with Gasteiger partial charge in [-0.25, -0.2) is 0 Å². The van der Waals surface area contributed by atoms with Gasteiger partial charge in [-0.1, -0.05) is 20.8 Å². The van der Waals surface area contributed by atoms with Gasteiger partial charge in [0, 0.05) is 0 Å². The Balaban J connectivity index is -0.00000000545. The molecule has 0 amide bonds. The maximum Gasteiger partial charge on any atom is -0.0809 e. The Morgan fingerprint density at radius 3 is 0.615 bits per heavy atom. The molecule has 0 aromatic heterocycles. The summed E-state index contributed by atoms with van der Waals surface area (Å²) < 4.78 is 0. The third kappa shape index (κ3) is 14100. The Hall–Kier alpha value is -0.280. The van der Waals surface area contributed by atoms with Crippen molar-refractivity contribution in [2.24, 2.45) is 0 Å². The zero-order valence-corrected chi connectivity index (χ0v) is 10.3. The maximum atomic E-state index is 8.93. The van der Waals surface area contributed by atoms with E-state index in [0.29, 0.717) is 0 Å². The molecule has 0 heterocycles. The first-order valence-corrected chi connectivity index (χ1v) is 2.99. The van der Waals surface area contributed by atoms with Crippen LogP contribution in [0, 0.1) is 0 Å². The zero-order valence-electron chi connectivity index (χ0n) is 11.3. The van der Waals surface area contributed by atoms with Gasteiger partial charge in [0.15, 0.2) is 0 Å². The predicted octanol–water partition coefficient (Wildman–Crippen LogP) is -0.283. The van der Waals surface area contributed by atoms with E-state index in [1.54, 1.807) is 20.8 Å². The summed E-state index contributed by atoms with van der Waals surface area (Å²) in [6.07, 6.45) is 0. The molecular formula is C6H32N4O3. The van der Waals surface area contributed by atoms with Gasteiger partial charge < -0.3 is 41.3 Å². The van der Waals surface area contributed by atoms with Gasteiger partial charge in [0.25, 0.3) is 0 Å². The molecule has 0 saturated carbocycles. The van der Waals surface area contributed by atoms with Crippen molar-refractivity contribution >= 4 is 0 Å². The van der Waals surface area contributed by atoms with Crippen LogP contribution in [0.1, 0.15) is 22.2 Å². The highest BCUT2D eigenvalue weighted by Crippen LogP contribution is 1.19. The first-order valence-electron chi connectivity index (χ1n) is 2.99. The highest BCUT2D eigenvalue weighted by atomic mass is 16.3. The molecule has 0 radical (unpaired) electrons. The average Bonchev–Trinajstić information content (AvgIpc) is 1.70. The molecule has 0 rings (SSSR count). The first kappa shape index (κ1) is 53.4. The summed E-state index contributed by atoms with van der Waals surface area (Å²) in [5, 5.41) is 26.8. The van der Waals surface area contributed by atoms with Crippen LogP contribution in [0.5, 0.6) is 0 Å². The van der Waals surface area contributed by atoms with Crippen molar-refractivity contribution in [3.8, 4) is 0 Å². The second kappa shape index (κ2) is 182. The number of hydrogen-bond donors (Lipinski definition) is 4. The summed E-state index contributed by atoms with van der Waals surface area (Å²) in [6, 6.07) is 0. The second-order valence-electron chi connectivity index (χ2n) is 0.866. The molecule has 0 spiro atoms. The third-order valence-corrected chi connectivity index (χ3v) is 0. The molecule has 94 valence electrons. The summed E-state index contributed by atoms with van der Waals surface area (Å²) >= 11 is 0. The van der Waals surface area contributed by atoms with E-state index < -0.39 is 0 Å². The Morgan fingerprint density at radius 2 is 0.615 bits per heavy atom. The Bertz CT molecular complexity index is 29.8. The van der Waals surface area contributed by atoms with Crippen molar-refractivity contribution in [1.29, 1.82) is 0 Å². The monoisotopic (exact) mass is 208 g/mol. The van der Waals surface area contributed by atoms with Gasteiger partial charge in [-0.3, -0.25) is 0 Å². The van der Waals surface area contributed by atoms with Crippen LogP contribution >= 0.6 is 0 Å². The van der Waals surface area contributed by atoms with Gasteiger partial charge in [-0.15, -0.1) is 19.8 Å². The zero-order chi connectivity index (χ0) is 8.12. The van der Waals surface area contributed by atoms with Crippen molar-refractivity contribution in [3.63, 3.8) is 0 Å². The minimum absolute atomic E-state index is 0. The van der Waals surface area contributed by atoms with Crippen molar-refractivity contribution in [2.75, 3.05) is 19.8 Å². The smallest absolute Gasteiger partial charge is 0.0809 e. The molecule has 0 atom stereocenters. The lowest BCUT2D eigenvalue weighted by atomic mass is 10.9. The number of rotatable bonds is 0. The molecule has 0 aromatic carbocycles. The van der Waals surface area contributed by atoms with Crippen LogP contribution in [0.25, 0.3) is 0 Å². The highest BCUT2D eigenvalue weighted by Gasteiger charge is 1.17. The van der Waals surface area contributed by atoms with E-state index in [1.165, 1.54) is 0 Å². The van der Waals surface area contributed by atoms with Gasteiger partial charge in [0.1, 0.15) is 0 Å². The number of quaternary nitrogens is 4. The minimum atomic E-state index is 0. The van der Waals surface area contributed by atoms with Crippen molar-refractivity contribution in [3.05, 3.63) is 0 Å². The van der Waals surface area contributed by atoms with Gasteiger partial charge in [0.2, 0.25) is 0 Å². The normalized spacial score (nSPS) is 4.15. The fourth-order valence-electron chi connectivity index (χ4n) is 0. The Morgan fingerprint density at radius 1 is 0.615 bits per heavy atom. The average molecular weight is 208 g/mol. The van der Waals surface area contributed by atoms with Gasteiger partial charge in [0.05, 0.1) is 0 Å². The lowest BCUT2D eigenvalue weighted by molar-refractivity contribution is -0.362. The molecule has 7 heteroatoms. The van der Waals surface area contributed by atoms with Crippen molar-refractivity contribution in [2.45, 2.75) is 20.8 Å². The van der Waals surface area contributed by atoms with E-state index in [0.717, 1.165) is 0 Å². The van der Waals surface area contributed by atoms with Gasteiger partial charge in [-0.2, -0.15) is 0 Å². The summed E-state index contributed by atoms with van der Waals surface area (Å²) in [4.78, 5) is 0. The standard InChI is InChI=1S/3C2H5O.4H3N.H/c3*1-2-3;;;;;/h3*2H2,1H3;4*1H3;/q3*-1;;;;;-1/p+4. The van der Waals surface area contributed by atoms with Crippen LogP contribution in [0.15, 0.2) is 0 Å². The van der Waals surface area contributed by atoms with Crippen LogP contribution < -0.4 is 39.9 Å². The number of hydrogen-bond acceptors (Lipinski definition) is 3. The van der Waals surface area contributed by atoms with Crippen LogP contribution in [0.4, 0.5) is 0 Å². The van der Waals surface area contributed by atoms with E-state index >= 15 is 0 Å². The SMILES string of the molecule is CC[O-].CC[O-].CC[O-].[H-].[NH4+].[NH4+].[NH4+].[NH4+]. The van der Waals surface area contributed by atoms with Crippen molar-refractivity contribution < 1.29 is 16.7 Å². The lowest BCUT2D eigenvalue weighted by Gasteiger charge is -1.79. The topological polar surface area (TPSA) is 215 Å². The minimum Gasteiger partial charge on any atom is -1.00 e. The predicted molar refractivity (Wildman–Crippen MR) is 56.7 cm³/mol. The van der Waals surface area contributed by atoms with E-state index in [1.807, 2.05) is 0 Å². The molecule has 16 N–H and O–H groups in total. The molecule has 0 saturated heterocycles. The van der Waals surface area contributed by atoms with Gasteiger partial charge in [-0.05, 0) is 0 Å². The second-order valence-corrected chi connectivity index (χ2v) is 0.866. The lowest BCUT2D eigenvalue weighted by Crippen LogP contribution is -1.97. The Labute approximate surface area is 83.0 Å². The fraction of sp³-hybridized carbons (Fsp3) is 1.00. The molecule has 0 aromatic rings. The van der Waals surface area contributed by atoms with Crippen LogP contribution in [0.3, 0.4) is 0 Å². The van der Waals surface area contributed by atoms with E-state index in [2.05, 4.69) is 0 Å². The summed E-state index contributed by atoms with van der Waals surface area (Å²) in [6.45, 7) is 4.71. The molecule has 0 bridgehead atoms. The molecule has 0 aliphatic heterocycles. The Kier molecular flexibility index (Phi) is 748. The molecule has 7 nitrogen and oxygen atoms in total. The molecule has 0 unspecified atom stereocenters. The first-order chi connectivity index (χ1) is 4.24. The van der Waals surface area contributed by atoms with E-state index in [4.69, 9.17) is 15.3 Å². The molecule has 0 aliphatic rings. The third-order valence-electron chi connectivity index (χ3n) is 0. The molecule has 0 fully saturated rings. The van der Waals surface area contributed by atoms with Crippen molar-refractivity contribution in [1.82, 2.24) is 24.6 Å². The van der Waals surface area contributed by atoms with E-state index in [-0.39, 0.29) is 45.8 Å². The molecular weight excluding hydrogens is 176 g/mol. The van der Waals surface area contributed by atoms with Gasteiger partial charge >= 0.3 is 0 Å². The maximum absolute atomic E-state index is 8.93. The fourth-order valence-corrected chi connectivity index (χ4v) is 0. The summed E-state index contributed by atoms with van der Waals surface area (Å²) in [5.41, 5.74) is 0. The molecule has 13 heavy (non-hydrogen) atoms. The quantitative estimate of drug-likeness (QED) is 0.422. The van der Waals surface area contributed by atoms with Crippen LogP contribution in [0.2, 0.25) is 0 Å². The highest BCUT2D eigenvalue weighted by molar-refractivity contribution is 3.80. The van der Waals surface area contributed by atoms with E-state index in [9.17, 15) is 0 Å². The largest absolute Gasteiger partial charge is 1.00 e. The van der Waals surface area contributed by atoms with Crippen LogP contribution in [-0.4, -0.2) is 19.8 Å². The summed E-state index contributed by atoms with van der Waals surface area (Å²) in [5.74, 6) is 0.